The van der Waals surface area contributed by atoms with Crippen LogP contribution in [0.5, 0.6) is 0 Å². The van der Waals surface area contributed by atoms with Crippen LogP contribution in [0.25, 0.3) is 0 Å². The largest absolute Gasteiger partial charge is 0.322 e. The lowest BCUT2D eigenvalue weighted by atomic mass is 10.1. The number of benzene rings is 2. The van der Waals surface area contributed by atoms with Crippen LogP contribution >= 0.6 is 12.4 Å². The van der Waals surface area contributed by atoms with Gasteiger partial charge in [0.05, 0.1) is 0 Å². The predicted molar refractivity (Wildman–Crippen MR) is 118 cm³/mol. The second kappa shape index (κ2) is 9.29. The Morgan fingerprint density at radius 2 is 1.83 bits per heavy atom. The van der Waals surface area contributed by atoms with Gasteiger partial charge in [-0.25, -0.2) is 4.79 Å². The summed E-state index contributed by atoms with van der Waals surface area (Å²) < 4.78 is 0. The van der Waals surface area contributed by atoms with Crippen LogP contribution in [0.1, 0.15) is 23.7 Å². The molecule has 6 nitrogen and oxygen atoms in total. The number of urea groups is 1. The van der Waals surface area contributed by atoms with E-state index in [9.17, 15) is 9.59 Å². The molecule has 0 radical (unpaired) electrons. The van der Waals surface area contributed by atoms with E-state index >= 15 is 0 Å². The Morgan fingerprint density at radius 1 is 1.10 bits per heavy atom. The number of nitrogens with zero attached hydrogens (tertiary/aromatic N) is 2. The monoisotopic (exact) mass is 414 g/mol. The first-order valence-electron chi connectivity index (χ1n) is 9.92. The van der Waals surface area contributed by atoms with Gasteiger partial charge in [-0.15, -0.1) is 12.4 Å². The van der Waals surface area contributed by atoms with Gasteiger partial charge in [-0.2, -0.15) is 0 Å². The molecule has 0 aliphatic carbocycles. The fraction of sp³-hybridized carbons (Fsp3) is 0.364. The third-order valence-corrected chi connectivity index (χ3v) is 5.72. The maximum atomic E-state index is 12.9. The molecule has 154 valence electrons. The molecule has 0 unspecified atom stereocenters. The normalized spacial score (nSPS) is 20.0. The lowest BCUT2D eigenvalue weighted by Gasteiger charge is -2.24. The van der Waals surface area contributed by atoms with E-state index in [1.807, 2.05) is 42.2 Å². The molecule has 3 amide bonds. The van der Waals surface area contributed by atoms with E-state index in [2.05, 4.69) is 10.6 Å². The minimum atomic E-state index is -0.0604. The van der Waals surface area contributed by atoms with Gasteiger partial charge in [-0.1, -0.05) is 18.2 Å². The van der Waals surface area contributed by atoms with Crippen LogP contribution in [0.4, 0.5) is 16.2 Å². The number of halogens is 1. The van der Waals surface area contributed by atoms with E-state index in [0.29, 0.717) is 29.8 Å². The van der Waals surface area contributed by atoms with E-state index in [1.165, 1.54) is 0 Å². The summed E-state index contributed by atoms with van der Waals surface area (Å²) in [6.07, 6.45) is 1.06. The number of carbonyl (C=O) groups excluding carboxylic acids is 2. The van der Waals surface area contributed by atoms with Crippen LogP contribution in [-0.4, -0.2) is 49.1 Å². The highest BCUT2D eigenvalue weighted by Gasteiger charge is 2.39. The zero-order valence-corrected chi connectivity index (χ0v) is 17.3. The zero-order chi connectivity index (χ0) is 19.5. The number of carbonyl (C=O) groups is 2. The molecule has 2 atom stereocenters. The molecule has 0 bridgehead atoms. The van der Waals surface area contributed by atoms with Crippen molar-refractivity contribution in [2.45, 2.75) is 19.4 Å². The lowest BCUT2D eigenvalue weighted by Crippen LogP contribution is -2.41. The first-order valence-corrected chi connectivity index (χ1v) is 9.92. The van der Waals surface area contributed by atoms with Gasteiger partial charge in [0.25, 0.3) is 5.91 Å². The van der Waals surface area contributed by atoms with E-state index in [0.717, 1.165) is 31.7 Å². The van der Waals surface area contributed by atoms with Crippen molar-refractivity contribution in [3.63, 3.8) is 0 Å². The summed E-state index contributed by atoms with van der Waals surface area (Å²) in [4.78, 5) is 29.2. The Kier molecular flexibility index (Phi) is 6.77. The zero-order valence-electron chi connectivity index (χ0n) is 16.5. The maximum Gasteiger partial charge on any atom is 0.322 e. The standard InChI is InChI=1S/C22H26N4O2.ClH/c1-2-25(19-6-4-3-5-7-19)21(27)16-8-10-18(11-9-16)24-22(28)26-13-12-17-14-23-15-20(17)26;/h3-11,17,20,23H,2,12-15H2,1H3,(H,24,28);1H/t17-,20+;/m0./s1. The van der Waals surface area contributed by atoms with Gasteiger partial charge in [-0.05, 0) is 55.7 Å². The van der Waals surface area contributed by atoms with Crippen molar-refractivity contribution in [1.82, 2.24) is 10.2 Å². The summed E-state index contributed by atoms with van der Waals surface area (Å²) in [5.41, 5.74) is 2.18. The highest BCUT2D eigenvalue weighted by atomic mass is 35.5. The highest BCUT2D eigenvalue weighted by molar-refractivity contribution is 6.06. The lowest BCUT2D eigenvalue weighted by molar-refractivity contribution is 0.0988. The van der Waals surface area contributed by atoms with Crippen LogP contribution in [0.3, 0.4) is 0 Å². The average Bonchev–Trinajstić information content (AvgIpc) is 3.33. The number of amides is 3. The topological polar surface area (TPSA) is 64.7 Å². The molecule has 29 heavy (non-hydrogen) atoms. The van der Waals surface area contributed by atoms with Gasteiger partial charge < -0.3 is 20.4 Å². The van der Waals surface area contributed by atoms with E-state index in [1.54, 1.807) is 29.2 Å². The molecular formula is C22H27ClN4O2. The molecule has 0 aromatic heterocycles. The van der Waals surface area contributed by atoms with Crippen molar-refractivity contribution < 1.29 is 9.59 Å². The van der Waals surface area contributed by atoms with Gasteiger partial charge in [0.1, 0.15) is 0 Å². The third-order valence-electron chi connectivity index (χ3n) is 5.72. The molecule has 7 heteroatoms. The average molecular weight is 415 g/mol. The van der Waals surface area contributed by atoms with Crippen molar-refractivity contribution in [1.29, 1.82) is 0 Å². The fourth-order valence-electron chi connectivity index (χ4n) is 4.20. The summed E-state index contributed by atoms with van der Waals surface area (Å²) in [5.74, 6) is 0.523. The maximum absolute atomic E-state index is 12.9. The Balaban J connectivity index is 0.00000240. The molecule has 0 spiro atoms. The van der Waals surface area contributed by atoms with Crippen molar-refractivity contribution in [2.75, 3.05) is 36.4 Å². The number of para-hydroxylation sites is 1. The molecule has 2 fully saturated rings. The number of anilines is 2. The molecule has 2 N–H and O–H groups in total. The molecule has 0 saturated carbocycles. The van der Waals surface area contributed by atoms with Crippen LogP contribution in [-0.2, 0) is 0 Å². The van der Waals surface area contributed by atoms with Crippen LogP contribution in [0, 0.1) is 5.92 Å². The molecule has 2 aliphatic heterocycles. The van der Waals surface area contributed by atoms with Gasteiger partial charge in [0, 0.05) is 49.2 Å². The van der Waals surface area contributed by atoms with Gasteiger partial charge >= 0.3 is 6.03 Å². The molecule has 4 rings (SSSR count). The first-order chi connectivity index (χ1) is 13.7. The second-order valence-electron chi connectivity index (χ2n) is 7.36. The quantitative estimate of drug-likeness (QED) is 0.803. The summed E-state index contributed by atoms with van der Waals surface area (Å²) in [5, 5.41) is 6.33. The van der Waals surface area contributed by atoms with Gasteiger partial charge in [0.15, 0.2) is 0 Å². The summed E-state index contributed by atoms with van der Waals surface area (Å²) >= 11 is 0. The van der Waals surface area contributed by atoms with E-state index in [4.69, 9.17) is 0 Å². The molecule has 2 aromatic rings. The molecule has 2 aromatic carbocycles. The minimum Gasteiger partial charge on any atom is -0.320 e. The van der Waals surface area contributed by atoms with E-state index in [-0.39, 0.29) is 24.3 Å². The molecular weight excluding hydrogens is 388 g/mol. The number of likely N-dealkylation sites (tertiary alicyclic amines) is 1. The Morgan fingerprint density at radius 3 is 2.52 bits per heavy atom. The number of hydrogen-bond acceptors (Lipinski definition) is 3. The van der Waals surface area contributed by atoms with Crippen molar-refractivity contribution in [2.24, 2.45) is 5.92 Å². The van der Waals surface area contributed by atoms with Crippen LogP contribution < -0.4 is 15.5 Å². The number of hydrogen-bond donors (Lipinski definition) is 2. The van der Waals surface area contributed by atoms with Crippen LogP contribution in [0.15, 0.2) is 54.6 Å². The SMILES string of the molecule is CCN(C(=O)c1ccc(NC(=O)N2CC[C@H]3CNC[C@H]32)cc1)c1ccccc1.Cl. The van der Waals surface area contributed by atoms with E-state index < -0.39 is 0 Å². The summed E-state index contributed by atoms with van der Waals surface area (Å²) in [7, 11) is 0. The van der Waals surface area contributed by atoms with Gasteiger partial charge in [-0.3, -0.25) is 4.79 Å². The first kappa shape index (κ1) is 21.1. The Labute approximate surface area is 177 Å². The molecule has 2 saturated heterocycles. The Bertz CT molecular complexity index is 844. The smallest absolute Gasteiger partial charge is 0.320 e. The van der Waals surface area contributed by atoms with Crippen LogP contribution in [0.2, 0.25) is 0 Å². The molecule has 2 aliphatic rings. The number of fused-ring (bicyclic) bond motifs is 1. The highest BCUT2D eigenvalue weighted by Crippen LogP contribution is 2.27. The second-order valence-corrected chi connectivity index (χ2v) is 7.36. The predicted octanol–water partition coefficient (Wildman–Crippen LogP) is 3.60. The summed E-state index contributed by atoms with van der Waals surface area (Å²) in [6.45, 7) is 5.23. The third kappa shape index (κ3) is 4.38. The number of rotatable bonds is 4. The fourth-order valence-corrected chi connectivity index (χ4v) is 4.20. The minimum absolute atomic E-state index is 0. The number of nitrogens with one attached hydrogen (secondary N) is 2. The van der Waals surface area contributed by atoms with Crippen molar-refractivity contribution in [3.8, 4) is 0 Å². The molecule has 2 heterocycles. The summed E-state index contributed by atoms with van der Waals surface area (Å²) in [6, 6.07) is 17.0. The van der Waals surface area contributed by atoms with Gasteiger partial charge in [0.2, 0.25) is 0 Å². The Hall–Kier alpha value is -2.57. The van der Waals surface area contributed by atoms with Crippen molar-refractivity contribution in [3.05, 3.63) is 60.2 Å². The van der Waals surface area contributed by atoms with Crippen molar-refractivity contribution >= 4 is 35.7 Å².